The normalized spacial score (nSPS) is 21.1. The Bertz CT molecular complexity index is 588. The molecule has 0 saturated carbocycles. The topological polar surface area (TPSA) is 110 Å². The molecule has 1 saturated heterocycles. The summed E-state index contributed by atoms with van der Waals surface area (Å²) in [7, 11) is 1.20. The number of likely N-dealkylation sites (tertiary alicyclic amines) is 1. The van der Waals surface area contributed by atoms with Crippen molar-refractivity contribution in [3.8, 4) is 0 Å². The number of carbonyl (C=O) groups excluding carboxylic acids is 2. The van der Waals surface area contributed by atoms with E-state index in [0.29, 0.717) is 0 Å². The molecule has 21 heavy (non-hydrogen) atoms. The van der Waals surface area contributed by atoms with E-state index < -0.39 is 28.9 Å². The van der Waals surface area contributed by atoms with Gasteiger partial charge in [0.05, 0.1) is 18.1 Å². The molecule has 8 heteroatoms. The molecule has 0 bridgehead atoms. The van der Waals surface area contributed by atoms with Crippen LogP contribution in [0.25, 0.3) is 0 Å². The SMILES string of the molecule is COC(=O)C1CC(O)CN1C(=O)c1cccc([N+](=O)[O-])c1. The minimum absolute atomic E-state index is 0.0126. The predicted octanol–water partition coefficient (Wildman–Crippen LogP) is 0.343. The molecule has 0 radical (unpaired) electrons. The van der Waals surface area contributed by atoms with Crippen molar-refractivity contribution in [1.29, 1.82) is 0 Å². The molecule has 1 aromatic rings. The Labute approximate surface area is 120 Å². The third-order valence-electron chi connectivity index (χ3n) is 3.32. The number of amides is 1. The van der Waals surface area contributed by atoms with Crippen LogP contribution in [0.15, 0.2) is 24.3 Å². The van der Waals surface area contributed by atoms with Crippen LogP contribution in [0.2, 0.25) is 0 Å². The number of aliphatic hydroxyl groups is 1. The van der Waals surface area contributed by atoms with E-state index in [1.54, 1.807) is 0 Å². The fraction of sp³-hybridized carbons (Fsp3) is 0.385. The molecule has 1 heterocycles. The van der Waals surface area contributed by atoms with Crippen molar-refractivity contribution in [2.75, 3.05) is 13.7 Å². The Kier molecular flexibility index (Phi) is 4.18. The molecule has 2 rings (SSSR count). The molecule has 2 unspecified atom stereocenters. The molecular weight excluding hydrogens is 280 g/mol. The average Bonchev–Trinajstić information content (AvgIpc) is 2.87. The van der Waals surface area contributed by atoms with Crippen LogP contribution in [-0.2, 0) is 9.53 Å². The summed E-state index contributed by atoms with van der Waals surface area (Å²) < 4.78 is 4.61. The number of hydrogen-bond donors (Lipinski definition) is 1. The van der Waals surface area contributed by atoms with E-state index in [2.05, 4.69) is 4.74 Å². The third-order valence-corrected chi connectivity index (χ3v) is 3.32. The number of non-ortho nitro benzene ring substituents is 1. The zero-order valence-electron chi connectivity index (χ0n) is 11.3. The van der Waals surface area contributed by atoms with Gasteiger partial charge in [0.15, 0.2) is 0 Å². The standard InChI is InChI=1S/C13H14N2O6/c1-21-13(18)11-6-10(16)7-14(11)12(17)8-3-2-4-9(5-8)15(19)20/h2-5,10-11,16H,6-7H2,1H3. The maximum atomic E-state index is 12.4. The first-order valence-corrected chi connectivity index (χ1v) is 6.25. The zero-order chi connectivity index (χ0) is 15.6. The molecule has 112 valence electrons. The van der Waals surface area contributed by atoms with Gasteiger partial charge in [0, 0.05) is 30.7 Å². The summed E-state index contributed by atoms with van der Waals surface area (Å²) in [4.78, 5) is 35.3. The number of nitro groups is 1. The third kappa shape index (κ3) is 3.00. The lowest BCUT2D eigenvalue weighted by Crippen LogP contribution is -2.41. The lowest BCUT2D eigenvalue weighted by molar-refractivity contribution is -0.384. The molecule has 1 aromatic carbocycles. The van der Waals surface area contributed by atoms with Crippen molar-refractivity contribution < 1.29 is 24.4 Å². The molecule has 0 aromatic heterocycles. The Hall–Kier alpha value is -2.48. The highest BCUT2D eigenvalue weighted by Crippen LogP contribution is 2.23. The van der Waals surface area contributed by atoms with Crippen LogP contribution in [0.3, 0.4) is 0 Å². The predicted molar refractivity (Wildman–Crippen MR) is 70.6 cm³/mol. The summed E-state index contributed by atoms with van der Waals surface area (Å²) in [5.41, 5.74) is -0.123. The highest BCUT2D eigenvalue weighted by Gasteiger charge is 2.40. The van der Waals surface area contributed by atoms with Crippen LogP contribution >= 0.6 is 0 Å². The minimum atomic E-state index is -0.878. The van der Waals surface area contributed by atoms with E-state index in [1.807, 2.05) is 0 Å². The molecule has 8 nitrogen and oxygen atoms in total. The second kappa shape index (κ2) is 5.88. The van der Waals surface area contributed by atoms with Crippen molar-refractivity contribution >= 4 is 17.6 Å². The molecule has 1 aliphatic rings. The van der Waals surface area contributed by atoms with Crippen molar-refractivity contribution in [2.45, 2.75) is 18.6 Å². The summed E-state index contributed by atoms with van der Waals surface area (Å²) in [6, 6.07) is 4.35. The van der Waals surface area contributed by atoms with Crippen molar-refractivity contribution in [1.82, 2.24) is 4.90 Å². The van der Waals surface area contributed by atoms with Gasteiger partial charge in [-0.15, -0.1) is 0 Å². The van der Waals surface area contributed by atoms with Crippen LogP contribution < -0.4 is 0 Å². The fourth-order valence-electron chi connectivity index (χ4n) is 2.32. The first-order valence-electron chi connectivity index (χ1n) is 6.25. The van der Waals surface area contributed by atoms with Gasteiger partial charge in [-0.1, -0.05) is 6.07 Å². The molecule has 1 N–H and O–H groups in total. The molecule has 1 amide bonds. The van der Waals surface area contributed by atoms with Gasteiger partial charge in [-0.05, 0) is 6.07 Å². The van der Waals surface area contributed by atoms with Gasteiger partial charge in [0.1, 0.15) is 6.04 Å². The number of nitro benzene ring substituents is 1. The second-order valence-corrected chi connectivity index (χ2v) is 4.69. The van der Waals surface area contributed by atoms with E-state index >= 15 is 0 Å². The first kappa shape index (κ1) is 14.9. The number of β-amino-alcohol motifs (C(OH)–C–C–N with tert-alkyl or cyclic N) is 1. The van der Waals surface area contributed by atoms with Gasteiger partial charge in [0.25, 0.3) is 11.6 Å². The number of nitrogens with zero attached hydrogens (tertiary/aromatic N) is 2. The summed E-state index contributed by atoms with van der Waals surface area (Å²) in [6.45, 7) is -0.0126. The zero-order valence-corrected chi connectivity index (χ0v) is 11.3. The van der Waals surface area contributed by atoms with Crippen LogP contribution in [-0.4, -0.2) is 52.6 Å². The van der Waals surface area contributed by atoms with Gasteiger partial charge in [-0.3, -0.25) is 14.9 Å². The first-order chi connectivity index (χ1) is 9.93. The quantitative estimate of drug-likeness (QED) is 0.489. The van der Waals surface area contributed by atoms with Crippen molar-refractivity contribution in [2.24, 2.45) is 0 Å². The van der Waals surface area contributed by atoms with E-state index in [0.717, 1.165) is 6.07 Å². The van der Waals surface area contributed by atoms with Crippen LogP contribution in [0.5, 0.6) is 0 Å². The minimum Gasteiger partial charge on any atom is -0.467 e. The lowest BCUT2D eigenvalue weighted by atomic mass is 10.1. The summed E-state index contributed by atoms with van der Waals surface area (Å²) in [6.07, 6.45) is -0.732. The van der Waals surface area contributed by atoms with Gasteiger partial charge >= 0.3 is 5.97 Å². The van der Waals surface area contributed by atoms with E-state index in [9.17, 15) is 24.8 Å². The van der Waals surface area contributed by atoms with E-state index in [-0.39, 0.29) is 24.2 Å². The highest BCUT2D eigenvalue weighted by molar-refractivity contribution is 5.97. The maximum Gasteiger partial charge on any atom is 0.328 e. The van der Waals surface area contributed by atoms with Crippen molar-refractivity contribution in [3.05, 3.63) is 39.9 Å². The Morgan fingerprint density at radius 1 is 1.48 bits per heavy atom. The number of benzene rings is 1. The Morgan fingerprint density at radius 3 is 2.81 bits per heavy atom. The molecule has 2 atom stereocenters. The summed E-state index contributed by atoms with van der Waals surface area (Å²) >= 11 is 0. The van der Waals surface area contributed by atoms with Gasteiger partial charge < -0.3 is 14.7 Å². The van der Waals surface area contributed by atoms with E-state index in [1.165, 1.54) is 30.2 Å². The molecule has 1 aliphatic heterocycles. The fourth-order valence-corrected chi connectivity index (χ4v) is 2.32. The Morgan fingerprint density at radius 2 is 2.19 bits per heavy atom. The number of methoxy groups -OCH3 is 1. The van der Waals surface area contributed by atoms with Gasteiger partial charge in [0.2, 0.25) is 0 Å². The van der Waals surface area contributed by atoms with Crippen molar-refractivity contribution in [3.63, 3.8) is 0 Å². The summed E-state index contributed by atoms with van der Waals surface area (Å²) in [5, 5.41) is 20.4. The highest BCUT2D eigenvalue weighted by atomic mass is 16.6. The smallest absolute Gasteiger partial charge is 0.328 e. The largest absolute Gasteiger partial charge is 0.467 e. The number of rotatable bonds is 3. The number of hydrogen-bond acceptors (Lipinski definition) is 6. The number of aliphatic hydroxyl groups excluding tert-OH is 1. The van der Waals surface area contributed by atoms with Crippen LogP contribution in [0, 0.1) is 10.1 Å². The lowest BCUT2D eigenvalue weighted by Gasteiger charge is -2.22. The Balaban J connectivity index is 2.28. The molecular formula is C13H14N2O6. The van der Waals surface area contributed by atoms with E-state index in [4.69, 9.17) is 0 Å². The van der Waals surface area contributed by atoms with Crippen LogP contribution in [0.1, 0.15) is 16.8 Å². The average molecular weight is 294 g/mol. The molecule has 0 aliphatic carbocycles. The molecule has 0 spiro atoms. The number of carbonyl (C=O) groups is 2. The van der Waals surface area contributed by atoms with Gasteiger partial charge in [-0.25, -0.2) is 4.79 Å². The number of esters is 1. The number of ether oxygens (including phenoxy) is 1. The van der Waals surface area contributed by atoms with Gasteiger partial charge in [-0.2, -0.15) is 0 Å². The second-order valence-electron chi connectivity index (χ2n) is 4.69. The van der Waals surface area contributed by atoms with Crippen LogP contribution in [0.4, 0.5) is 5.69 Å². The summed E-state index contributed by atoms with van der Waals surface area (Å²) in [5.74, 6) is -1.17. The monoisotopic (exact) mass is 294 g/mol. The maximum absolute atomic E-state index is 12.4. The molecule has 1 fully saturated rings.